The van der Waals surface area contributed by atoms with Gasteiger partial charge in [0.05, 0.1) is 6.10 Å². The summed E-state index contributed by atoms with van der Waals surface area (Å²) in [7, 11) is 1.64. The minimum absolute atomic E-state index is 0.0291. The highest BCUT2D eigenvalue weighted by atomic mass is 16.5. The van der Waals surface area contributed by atoms with Gasteiger partial charge in [-0.05, 0) is 20.3 Å². The number of ether oxygens (including phenoxy) is 1. The van der Waals surface area contributed by atoms with E-state index in [0.717, 1.165) is 6.42 Å². The van der Waals surface area contributed by atoms with E-state index < -0.39 is 17.3 Å². The second-order valence-electron chi connectivity index (χ2n) is 5.74. The fourth-order valence-corrected chi connectivity index (χ4v) is 1.97. The van der Waals surface area contributed by atoms with Crippen molar-refractivity contribution in [1.29, 1.82) is 0 Å². The van der Waals surface area contributed by atoms with Gasteiger partial charge in [-0.2, -0.15) is 0 Å². The molecule has 2 atom stereocenters. The van der Waals surface area contributed by atoms with E-state index in [-0.39, 0.29) is 17.6 Å². The Bertz CT molecular complexity index is 335. The van der Waals surface area contributed by atoms with E-state index >= 15 is 0 Å². The van der Waals surface area contributed by atoms with Crippen LogP contribution in [-0.2, 0) is 14.3 Å². The molecule has 0 aromatic rings. The monoisotopic (exact) mass is 243 g/mol. The number of carboxylic acids is 1. The summed E-state index contributed by atoms with van der Waals surface area (Å²) in [5.41, 5.74) is -1.55. The third-order valence-electron chi connectivity index (χ3n) is 3.87. The molecule has 2 N–H and O–H groups in total. The Hall–Kier alpha value is -1.10. The van der Waals surface area contributed by atoms with E-state index in [1.807, 2.05) is 13.8 Å². The summed E-state index contributed by atoms with van der Waals surface area (Å²) in [6.07, 6.45) is 0.839. The van der Waals surface area contributed by atoms with Gasteiger partial charge >= 0.3 is 5.97 Å². The Balaban J connectivity index is 2.64. The van der Waals surface area contributed by atoms with Crippen LogP contribution in [0.15, 0.2) is 0 Å². The van der Waals surface area contributed by atoms with Crippen LogP contribution in [0.25, 0.3) is 0 Å². The lowest BCUT2D eigenvalue weighted by molar-refractivity contribution is -0.156. The van der Waals surface area contributed by atoms with Crippen molar-refractivity contribution in [1.82, 2.24) is 5.32 Å². The van der Waals surface area contributed by atoms with Crippen molar-refractivity contribution >= 4 is 11.9 Å². The standard InChI is InChI=1S/C12H21NO4/c1-11(2)7(6-8(11)17-5)13-9(14)12(3,4)10(15)16/h7-8H,6H2,1-5H3,(H,13,14)(H,15,16). The van der Waals surface area contributed by atoms with Gasteiger partial charge < -0.3 is 15.2 Å². The highest BCUT2D eigenvalue weighted by Crippen LogP contribution is 2.42. The molecule has 0 heterocycles. The van der Waals surface area contributed by atoms with Crippen LogP contribution < -0.4 is 5.32 Å². The second kappa shape index (κ2) is 4.29. The van der Waals surface area contributed by atoms with Gasteiger partial charge in [0.2, 0.25) is 5.91 Å². The Morgan fingerprint density at radius 2 is 1.94 bits per heavy atom. The molecule has 0 aliphatic heterocycles. The molecule has 0 spiro atoms. The van der Waals surface area contributed by atoms with Crippen LogP contribution in [0.5, 0.6) is 0 Å². The first-order chi connectivity index (χ1) is 7.64. The molecule has 2 unspecified atom stereocenters. The quantitative estimate of drug-likeness (QED) is 0.723. The Morgan fingerprint density at radius 1 is 1.41 bits per heavy atom. The first-order valence-electron chi connectivity index (χ1n) is 5.71. The molecular weight excluding hydrogens is 222 g/mol. The van der Waals surface area contributed by atoms with Crippen molar-refractivity contribution in [2.45, 2.75) is 46.3 Å². The fraction of sp³-hybridized carbons (Fsp3) is 0.833. The van der Waals surface area contributed by atoms with Crippen LogP contribution in [0, 0.1) is 10.8 Å². The Morgan fingerprint density at radius 3 is 2.29 bits per heavy atom. The minimum atomic E-state index is -1.39. The molecule has 5 nitrogen and oxygen atoms in total. The maximum Gasteiger partial charge on any atom is 0.318 e. The van der Waals surface area contributed by atoms with Crippen LogP contribution in [0.4, 0.5) is 0 Å². The topological polar surface area (TPSA) is 75.6 Å². The lowest BCUT2D eigenvalue weighted by Crippen LogP contribution is -2.63. The largest absolute Gasteiger partial charge is 0.480 e. The van der Waals surface area contributed by atoms with Gasteiger partial charge in [-0.1, -0.05) is 13.8 Å². The van der Waals surface area contributed by atoms with Gasteiger partial charge in [-0.3, -0.25) is 9.59 Å². The molecule has 1 aliphatic rings. The predicted molar refractivity (Wildman–Crippen MR) is 62.5 cm³/mol. The van der Waals surface area contributed by atoms with Crippen LogP contribution >= 0.6 is 0 Å². The van der Waals surface area contributed by atoms with Crippen molar-refractivity contribution in [3.8, 4) is 0 Å². The van der Waals surface area contributed by atoms with Crippen molar-refractivity contribution in [3.05, 3.63) is 0 Å². The zero-order valence-corrected chi connectivity index (χ0v) is 11.0. The van der Waals surface area contributed by atoms with E-state index in [9.17, 15) is 9.59 Å². The van der Waals surface area contributed by atoms with E-state index in [0.29, 0.717) is 0 Å². The van der Waals surface area contributed by atoms with E-state index in [1.54, 1.807) is 7.11 Å². The number of amides is 1. The number of carbonyl (C=O) groups excluding carboxylic acids is 1. The number of hydrogen-bond acceptors (Lipinski definition) is 3. The maximum atomic E-state index is 11.9. The average Bonchev–Trinajstić information content (AvgIpc) is 2.22. The molecular formula is C12H21NO4. The second-order valence-corrected chi connectivity index (χ2v) is 5.74. The van der Waals surface area contributed by atoms with Gasteiger partial charge in [0.15, 0.2) is 0 Å². The molecule has 1 amide bonds. The lowest BCUT2D eigenvalue weighted by Gasteiger charge is -2.51. The number of methoxy groups -OCH3 is 1. The molecule has 0 bridgehead atoms. The van der Waals surface area contributed by atoms with Crippen LogP contribution in [-0.4, -0.2) is 36.2 Å². The number of carboxylic acid groups (broad SMARTS) is 1. The first-order valence-corrected chi connectivity index (χ1v) is 5.71. The first kappa shape index (κ1) is 14.0. The molecule has 1 fully saturated rings. The van der Waals surface area contributed by atoms with E-state index in [2.05, 4.69) is 5.32 Å². The number of hydrogen-bond donors (Lipinski definition) is 2. The van der Waals surface area contributed by atoms with Gasteiger partial charge in [0.1, 0.15) is 5.41 Å². The summed E-state index contributed by atoms with van der Waals surface area (Å²) < 4.78 is 5.28. The van der Waals surface area contributed by atoms with Gasteiger partial charge in [0.25, 0.3) is 0 Å². The molecule has 1 aliphatic carbocycles. The maximum absolute atomic E-state index is 11.9. The number of aliphatic carboxylic acids is 1. The molecule has 0 aromatic carbocycles. The molecule has 0 aromatic heterocycles. The van der Waals surface area contributed by atoms with Crippen LogP contribution in [0.2, 0.25) is 0 Å². The lowest BCUT2D eigenvalue weighted by atomic mass is 9.64. The fourth-order valence-electron chi connectivity index (χ4n) is 1.97. The molecule has 1 rings (SSSR count). The minimum Gasteiger partial charge on any atom is -0.480 e. The molecule has 98 valence electrons. The van der Waals surface area contributed by atoms with Crippen LogP contribution in [0.3, 0.4) is 0 Å². The van der Waals surface area contributed by atoms with Gasteiger partial charge in [0, 0.05) is 18.6 Å². The van der Waals surface area contributed by atoms with E-state index in [1.165, 1.54) is 13.8 Å². The Labute approximate surface area is 102 Å². The summed E-state index contributed by atoms with van der Waals surface area (Å²) >= 11 is 0. The normalized spacial score (nSPS) is 27.1. The van der Waals surface area contributed by atoms with Crippen molar-refractivity contribution in [2.75, 3.05) is 7.11 Å². The SMILES string of the molecule is COC1CC(NC(=O)C(C)(C)C(=O)O)C1(C)C. The van der Waals surface area contributed by atoms with Gasteiger partial charge in [-0.15, -0.1) is 0 Å². The third kappa shape index (κ3) is 2.29. The molecule has 1 saturated carbocycles. The molecule has 0 radical (unpaired) electrons. The van der Waals surface area contributed by atoms with E-state index in [4.69, 9.17) is 9.84 Å². The molecule has 17 heavy (non-hydrogen) atoms. The number of carbonyl (C=O) groups is 2. The summed E-state index contributed by atoms with van der Waals surface area (Å²) in [5, 5.41) is 11.8. The summed E-state index contributed by atoms with van der Waals surface area (Å²) in [5.74, 6) is -1.56. The van der Waals surface area contributed by atoms with Gasteiger partial charge in [-0.25, -0.2) is 0 Å². The zero-order valence-electron chi connectivity index (χ0n) is 11.0. The summed E-state index contributed by atoms with van der Waals surface area (Å²) in [6, 6.07) is -0.0291. The number of nitrogens with one attached hydrogen (secondary N) is 1. The average molecular weight is 243 g/mol. The third-order valence-corrected chi connectivity index (χ3v) is 3.87. The highest BCUT2D eigenvalue weighted by Gasteiger charge is 2.50. The molecule has 0 saturated heterocycles. The predicted octanol–water partition coefficient (Wildman–Crippen LogP) is 1.03. The van der Waals surface area contributed by atoms with Crippen molar-refractivity contribution in [2.24, 2.45) is 10.8 Å². The van der Waals surface area contributed by atoms with Crippen molar-refractivity contribution in [3.63, 3.8) is 0 Å². The smallest absolute Gasteiger partial charge is 0.318 e. The summed E-state index contributed by atoms with van der Waals surface area (Å²) in [6.45, 7) is 6.82. The zero-order chi connectivity index (χ0) is 13.4. The molecule has 5 heteroatoms. The Kier molecular flexibility index (Phi) is 3.52. The summed E-state index contributed by atoms with van der Waals surface area (Å²) in [4.78, 5) is 22.8. The van der Waals surface area contributed by atoms with Crippen LogP contribution in [0.1, 0.15) is 34.1 Å². The number of rotatable bonds is 4. The highest BCUT2D eigenvalue weighted by molar-refractivity contribution is 6.01. The van der Waals surface area contributed by atoms with Crippen molar-refractivity contribution < 1.29 is 19.4 Å².